The number of hydrogen-bond donors (Lipinski definition) is 2. The maximum absolute atomic E-state index is 11.2. The standard InChI is InChI=1S/C8H17NO2S/c1-6(2)9-7(4-5-10)8(11)12-3/h6-7,9-10H,4-5H2,1-3H3. The second-order valence-corrected chi connectivity index (χ2v) is 3.72. The van der Waals surface area contributed by atoms with Crippen LogP contribution in [0.25, 0.3) is 0 Å². The van der Waals surface area contributed by atoms with E-state index in [0.717, 1.165) is 0 Å². The minimum absolute atomic E-state index is 0.0523. The lowest BCUT2D eigenvalue weighted by atomic mass is 10.2. The number of rotatable bonds is 5. The van der Waals surface area contributed by atoms with Crippen molar-refractivity contribution in [2.24, 2.45) is 0 Å². The van der Waals surface area contributed by atoms with E-state index in [2.05, 4.69) is 5.32 Å². The molecular formula is C8H17NO2S. The molecule has 1 atom stereocenters. The molecule has 0 saturated heterocycles. The summed E-state index contributed by atoms with van der Waals surface area (Å²) < 4.78 is 0. The second-order valence-electron chi connectivity index (χ2n) is 2.91. The van der Waals surface area contributed by atoms with Crippen molar-refractivity contribution in [1.29, 1.82) is 0 Å². The van der Waals surface area contributed by atoms with Crippen LogP contribution in [0, 0.1) is 0 Å². The largest absolute Gasteiger partial charge is 0.396 e. The number of thioether (sulfide) groups is 1. The molecule has 0 spiro atoms. The van der Waals surface area contributed by atoms with E-state index in [4.69, 9.17) is 5.11 Å². The van der Waals surface area contributed by atoms with E-state index >= 15 is 0 Å². The number of aliphatic hydroxyl groups is 1. The molecule has 0 heterocycles. The number of aliphatic hydroxyl groups excluding tert-OH is 1. The summed E-state index contributed by atoms with van der Waals surface area (Å²) in [6.45, 7) is 4.02. The van der Waals surface area contributed by atoms with Gasteiger partial charge in [0.15, 0.2) is 0 Å². The Balaban J connectivity index is 3.94. The summed E-state index contributed by atoms with van der Waals surface area (Å²) in [5.74, 6) is 0. The molecule has 0 aromatic rings. The molecule has 72 valence electrons. The average molecular weight is 191 g/mol. The van der Waals surface area contributed by atoms with Gasteiger partial charge in [-0.2, -0.15) is 0 Å². The Morgan fingerprint density at radius 3 is 2.50 bits per heavy atom. The van der Waals surface area contributed by atoms with Crippen LogP contribution in [0.2, 0.25) is 0 Å². The molecule has 0 saturated carbocycles. The van der Waals surface area contributed by atoms with Crippen molar-refractivity contribution in [1.82, 2.24) is 5.32 Å². The second kappa shape index (κ2) is 6.46. The normalized spacial score (nSPS) is 13.4. The minimum Gasteiger partial charge on any atom is -0.396 e. The van der Waals surface area contributed by atoms with Crippen LogP contribution >= 0.6 is 11.8 Å². The van der Waals surface area contributed by atoms with Crippen LogP contribution in [0.1, 0.15) is 20.3 Å². The molecule has 2 N–H and O–H groups in total. The van der Waals surface area contributed by atoms with Crippen LogP contribution in [0.15, 0.2) is 0 Å². The molecule has 0 aliphatic rings. The summed E-state index contributed by atoms with van der Waals surface area (Å²) in [5, 5.41) is 11.9. The van der Waals surface area contributed by atoms with Gasteiger partial charge < -0.3 is 10.4 Å². The molecule has 0 aromatic carbocycles. The highest BCUT2D eigenvalue weighted by Crippen LogP contribution is 2.04. The molecule has 0 fully saturated rings. The van der Waals surface area contributed by atoms with Crippen molar-refractivity contribution < 1.29 is 9.90 Å². The number of carbonyl (C=O) groups excluding carboxylic acids is 1. The van der Waals surface area contributed by atoms with Crippen molar-refractivity contribution in [3.63, 3.8) is 0 Å². The van der Waals surface area contributed by atoms with Gasteiger partial charge in [-0.3, -0.25) is 4.79 Å². The van der Waals surface area contributed by atoms with E-state index in [9.17, 15) is 4.79 Å². The van der Waals surface area contributed by atoms with Crippen molar-refractivity contribution >= 4 is 16.9 Å². The fourth-order valence-electron chi connectivity index (χ4n) is 0.943. The van der Waals surface area contributed by atoms with Gasteiger partial charge in [-0.15, -0.1) is 0 Å². The summed E-state index contributed by atoms with van der Waals surface area (Å²) in [7, 11) is 0. The predicted molar refractivity (Wildman–Crippen MR) is 52.3 cm³/mol. The summed E-state index contributed by atoms with van der Waals surface area (Å²) in [6, 6.07) is 0.0719. The molecule has 0 rings (SSSR count). The SMILES string of the molecule is CSC(=O)C(CCO)NC(C)C. The molecule has 4 heteroatoms. The summed E-state index contributed by atoms with van der Waals surface area (Å²) >= 11 is 1.20. The molecule has 0 amide bonds. The minimum atomic E-state index is -0.204. The highest BCUT2D eigenvalue weighted by Gasteiger charge is 2.16. The van der Waals surface area contributed by atoms with Crippen LogP contribution < -0.4 is 5.32 Å². The van der Waals surface area contributed by atoms with Gasteiger partial charge in [-0.25, -0.2) is 0 Å². The smallest absolute Gasteiger partial charge is 0.205 e. The first-order valence-electron chi connectivity index (χ1n) is 4.06. The number of carbonyl (C=O) groups is 1. The van der Waals surface area contributed by atoms with E-state index in [1.165, 1.54) is 11.8 Å². The average Bonchev–Trinajstić information content (AvgIpc) is 2.01. The quantitative estimate of drug-likeness (QED) is 0.669. The highest BCUT2D eigenvalue weighted by atomic mass is 32.2. The van der Waals surface area contributed by atoms with E-state index in [0.29, 0.717) is 6.42 Å². The van der Waals surface area contributed by atoms with E-state index in [1.807, 2.05) is 13.8 Å². The van der Waals surface area contributed by atoms with Gasteiger partial charge in [-0.05, 0) is 12.7 Å². The van der Waals surface area contributed by atoms with Crippen molar-refractivity contribution in [2.75, 3.05) is 12.9 Å². The van der Waals surface area contributed by atoms with Crippen molar-refractivity contribution in [2.45, 2.75) is 32.4 Å². The van der Waals surface area contributed by atoms with E-state index < -0.39 is 0 Å². The van der Waals surface area contributed by atoms with Gasteiger partial charge in [0.2, 0.25) is 5.12 Å². The molecule has 0 aliphatic heterocycles. The lowest BCUT2D eigenvalue weighted by Gasteiger charge is -2.17. The Hall–Kier alpha value is -0.0600. The van der Waals surface area contributed by atoms with Crippen LogP contribution in [0.4, 0.5) is 0 Å². The maximum atomic E-state index is 11.2. The molecule has 0 aromatic heterocycles. The third kappa shape index (κ3) is 4.74. The molecule has 0 radical (unpaired) electrons. The topological polar surface area (TPSA) is 49.3 Å². The zero-order valence-electron chi connectivity index (χ0n) is 7.83. The van der Waals surface area contributed by atoms with Crippen LogP contribution in [-0.4, -0.2) is 35.2 Å². The number of hydrogen-bond acceptors (Lipinski definition) is 4. The summed E-state index contributed by atoms with van der Waals surface area (Å²) in [4.78, 5) is 11.2. The van der Waals surface area contributed by atoms with E-state index in [-0.39, 0.29) is 23.8 Å². The molecular weight excluding hydrogens is 174 g/mol. The van der Waals surface area contributed by atoms with Gasteiger partial charge in [0.25, 0.3) is 0 Å². The Labute approximate surface area is 77.9 Å². The van der Waals surface area contributed by atoms with Crippen LogP contribution in [0.5, 0.6) is 0 Å². The van der Waals surface area contributed by atoms with E-state index in [1.54, 1.807) is 6.26 Å². The van der Waals surface area contributed by atoms with Crippen LogP contribution in [-0.2, 0) is 4.79 Å². The Morgan fingerprint density at radius 1 is 1.58 bits per heavy atom. The lowest BCUT2D eigenvalue weighted by Crippen LogP contribution is -2.40. The zero-order chi connectivity index (χ0) is 9.56. The lowest BCUT2D eigenvalue weighted by molar-refractivity contribution is -0.113. The predicted octanol–water partition coefficient (Wildman–Crippen LogP) is 0.625. The van der Waals surface area contributed by atoms with Gasteiger partial charge >= 0.3 is 0 Å². The highest BCUT2D eigenvalue weighted by molar-refractivity contribution is 8.13. The van der Waals surface area contributed by atoms with Gasteiger partial charge in [0.1, 0.15) is 0 Å². The first-order chi connectivity index (χ1) is 5.61. The van der Waals surface area contributed by atoms with Gasteiger partial charge in [0, 0.05) is 12.6 Å². The molecule has 12 heavy (non-hydrogen) atoms. The monoisotopic (exact) mass is 191 g/mol. The zero-order valence-corrected chi connectivity index (χ0v) is 8.65. The molecule has 0 bridgehead atoms. The fourth-order valence-corrected chi connectivity index (χ4v) is 1.41. The third-order valence-corrected chi connectivity index (χ3v) is 2.12. The molecule has 1 unspecified atom stereocenters. The number of nitrogens with one attached hydrogen (secondary N) is 1. The van der Waals surface area contributed by atoms with Gasteiger partial charge in [0.05, 0.1) is 6.04 Å². The molecule has 0 aliphatic carbocycles. The Bertz CT molecular complexity index is 139. The first-order valence-corrected chi connectivity index (χ1v) is 5.29. The van der Waals surface area contributed by atoms with Crippen molar-refractivity contribution in [3.05, 3.63) is 0 Å². The summed E-state index contributed by atoms with van der Waals surface area (Å²) in [5.41, 5.74) is 0. The first kappa shape index (κ1) is 11.9. The Kier molecular flexibility index (Phi) is 6.42. The third-order valence-electron chi connectivity index (χ3n) is 1.44. The molecule has 3 nitrogen and oxygen atoms in total. The van der Waals surface area contributed by atoms with Crippen molar-refractivity contribution in [3.8, 4) is 0 Å². The Morgan fingerprint density at radius 2 is 2.17 bits per heavy atom. The van der Waals surface area contributed by atoms with Gasteiger partial charge in [-0.1, -0.05) is 25.6 Å². The fraction of sp³-hybridized carbons (Fsp3) is 0.875. The van der Waals surface area contributed by atoms with Crippen LogP contribution in [0.3, 0.4) is 0 Å². The summed E-state index contributed by atoms with van der Waals surface area (Å²) in [6.07, 6.45) is 2.26. The maximum Gasteiger partial charge on any atom is 0.205 e.